The zero-order valence-electron chi connectivity index (χ0n) is 13.5. The fraction of sp³-hybridized carbons (Fsp3) is 0.647. The molecule has 114 valence electrons. The van der Waals surface area contributed by atoms with Crippen molar-refractivity contribution in [2.45, 2.75) is 39.5 Å². The summed E-state index contributed by atoms with van der Waals surface area (Å²) in [6.45, 7) is 8.84. The molecule has 0 aliphatic carbocycles. The van der Waals surface area contributed by atoms with Crippen LogP contribution in [0.4, 0.5) is 0 Å². The van der Waals surface area contributed by atoms with Crippen molar-refractivity contribution in [1.29, 1.82) is 0 Å². The Morgan fingerprint density at radius 3 is 2.35 bits per heavy atom. The first kappa shape index (κ1) is 16.8. The van der Waals surface area contributed by atoms with Crippen molar-refractivity contribution in [3.8, 4) is 11.5 Å². The molecule has 0 fully saturated rings. The topological polar surface area (TPSA) is 30.5 Å². The van der Waals surface area contributed by atoms with Crippen molar-refractivity contribution in [3.63, 3.8) is 0 Å². The molecule has 0 heterocycles. The van der Waals surface area contributed by atoms with E-state index < -0.39 is 0 Å². The van der Waals surface area contributed by atoms with E-state index >= 15 is 0 Å². The van der Waals surface area contributed by atoms with Crippen LogP contribution in [0.2, 0.25) is 0 Å². The molecule has 2 atom stereocenters. The predicted molar refractivity (Wildman–Crippen MR) is 84.9 cm³/mol. The van der Waals surface area contributed by atoms with Gasteiger partial charge in [0.15, 0.2) is 11.5 Å². The lowest BCUT2D eigenvalue weighted by atomic mass is 9.85. The van der Waals surface area contributed by atoms with Gasteiger partial charge in [0.2, 0.25) is 0 Å². The van der Waals surface area contributed by atoms with Gasteiger partial charge in [-0.3, -0.25) is 0 Å². The van der Waals surface area contributed by atoms with Crippen LogP contribution in [0.1, 0.15) is 45.1 Å². The molecule has 2 unspecified atom stereocenters. The standard InChI is InChI=1S/C17H29NO2/c1-6-10-18-12-15(13(3)7-2)14-8-9-16(19-4)17(11-14)20-5/h8-9,11,13,15,18H,6-7,10,12H2,1-5H3. The average molecular weight is 279 g/mol. The molecule has 1 aromatic rings. The molecule has 1 rings (SSSR count). The second-order valence-electron chi connectivity index (χ2n) is 5.31. The fourth-order valence-corrected chi connectivity index (χ4v) is 2.45. The maximum atomic E-state index is 5.42. The molecule has 0 aliphatic rings. The maximum Gasteiger partial charge on any atom is 0.160 e. The van der Waals surface area contributed by atoms with E-state index in [1.54, 1.807) is 14.2 Å². The summed E-state index contributed by atoms with van der Waals surface area (Å²) in [5, 5.41) is 3.54. The van der Waals surface area contributed by atoms with Crippen molar-refractivity contribution in [2.24, 2.45) is 5.92 Å². The van der Waals surface area contributed by atoms with E-state index in [-0.39, 0.29) is 0 Å². The van der Waals surface area contributed by atoms with Crippen LogP contribution in [0.15, 0.2) is 18.2 Å². The van der Waals surface area contributed by atoms with E-state index in [0.29, 0.717) is 11.8 Å². The lowest BCUT2D eigenvalue weighted by molar-refractivity contribution is 0.352. The number of hydrogen-bond donors (Lipinski definition) is 1. The van der Waals surface area contributed by atoms with Gasteiger partial charge in [-0.15, -0.1) is 0 Å². The Morgan fingerprint density at radius 2 is 1.80 bits per heavy atom. The Balaban J connectivity index is 2.94. The molecule has 0 aliphatic heterocycles. The van der Waals surface area contributed by atoms with Gasteiger partial charge in [0.05, 0.1) is 14.2 Å². The minimum absolute atomic E-state index is 0.506. The van der Waals surface area contributed by atoms with Crippen LogP contribution in [0.25, 0.3) is 0 Å². The van der Waals surface area contributed by atoms with Crippen molar-refractivity contribution in [2.75, 3.05) is 27.3 Å². The highest BCUT2D eigenvalue weighted by Gasteiger charge is 2.19. The molecule has 20 heavy (non-hydrogen) atoms. The van der Waals surface area contributed by atoms with Crippen LogP contribution in [-0.4, -0.2) is 27.3 Å². The third-order valence-electron chi connectivity index (χ3n) is 3.96. The molecule has 3 nitrogen and oxygen atoms in total. The molecule has 3 heteroatoms. The van der Waals surface area contributed by atoms with Crippen LogP contribution in [-0.2, 0) is 0 Å². The summed E-state index contributed by atoms with van der Waals surface area (Å²) in [5.74, 6) is 2.75. The zero-order chi connectivity index (χ0) is 15.0. The van der Waals surface area contributed by atoms with E-state index in [1.165, 1.54) is 18.4 Å². The average Bonchev–Trinajstić information content (AvgIpc) is 2.50. The van der Waals surface area contributed by atoms with Gasteiger partial charge in [-0.25, -0.2) is 0 Å². The number of methoxy groups -OCH3 is 2. The van der Waals surface area contributed by atoms with E-state index in [1.807, 2.05) is 6.07 Å². The first-order valence-corrected chi connectivity index (χ1v) is 7.60. The Labute approximate surface area is 123 Å². The fourth-order valence-electron chi connectivity index (χ4n) is 2.45. The molecule has 0 bridgehead atoms. The first-order valence-electron chi connectivity index (χ1n) is 7.60. The molecule has 0 saturated heterocycles. The van der Waals surface area contributed by atoms with Gasteiger partial charge in [-0.05, 0) is 42.5 Å². The summed E-state index contributed by atoms with van der Waals surface area (Å²) in [7, 11) is 3.36. The number of nitrogens with one attached hydrogen (secondary N) is 1. The Kier molecular flexibility index (Phi) is 7.45. The van der Waals surface area contributed by atoms with Crippen LogP contribution in [0, 0.1) is 5.92 Å². The second-order valence-corrected chi connectivity index (χ2v) is 5.31. The highest BCUT2D eigenvalue weighted by Crippen LogP contribution is 2.34. The van der Waals surface area contributed by atoms with Gasteiger partial charge in [-0.1, -0.05) is 33.3 Å². The molecular weight excluding hydrogens is 250 g/mol. The third kappa shape index (κ3) is 4.41. The predicted octanol–water partition coefficient (Wildman–Crippen LogP) is 3.83. The van der Waals surface area contributed by atoms with Crippen LogP contribution in [0.3, 0.4) is 0 Å². The van der Waals surface area contributed by atoms with Gasteiger partial charge >= 0.3 is 0 Å². The first-order chi connectivity index (χ1) is 9.67. The zero-order valence-corrected chi connectivity index (χ0v) is 13.5. The third-order valence-corrected chi connectivity index (χ3v) is 3.96. The number of hydrogen-bond acceptors (Lipinski definition) is 3. The lowest BCUT2D eigenvalue weighted by Crippen LogP contribution is -2.26. The highest BCUT2D eigenvalue weighted by molar-refractivity contribution is 5.44. The summed E-state index contributed by atoms with van der Waals surface area (Å²) in [6.07, 6.45) is 2.34. The molecule has 1 aromatic carbocycles. The summed E-state index contributed by atoms with van der Waals surface area (Å²) in [6, 6.07) is 6.28. The molecule has 0 amide bonds. The summed E-state index contributed by atoms with van der Waals surface area (Å²) >= 11 is 0. The second kappa shape index (κ2) is 8.85. The quantitative estimate of drug-likeness (QED) is 0.697. The molecule has 1 N–H and O–H groups in total. The van der Waals surface area contributed by atoms with Crippen molar-refractivity contribution in [1.82, 2.24) is 5.32 Å². The SMILES string of the molecule is CCCNCC(c1ccc(OC)c(OC)c1)C(C)CC. The smallest absolute Gasteiger partial charge is 0.160 e. The summed E-state index contributed by atoms with van der Waals surface area (Å²) in [5.41, 5.74) is 1.32. The van der Waals surface area contributed by atoms with Gasteiger partial charge in [-0.2, -0.15) is 0 Å². The molecular formula is C17H29NO2. The monoisotopic (exact) mass is 279 g/mol. The van der Waals surface area contributed by atoms with Gasteiger partial charge < -0.3 is 14.8 Å². The van der Waals surface area contributed by atoms with Gasteiger partial charge in [0.1, 0.15) is 0 Å². The number of benzene rings is 1. The van der Waals surface area contributed by atoms with Crippen molar-refractivity contribution < 1.29 is 9.47 Å². The lowest BCUT2D eigenvalue weighted by Gasteiger charge is -2.25. The summed E-state index contributed by atoms with van der Waals surface area (Å²) < 4.78 is 10.7. The molecule has 0 aromatic heterocycles. The van der Waals surface area contributed by atoms with Gasteiger partial charge in [0, 0.05) is 6.54 Å². The normalized spacial score (nSPS) is 13.8. The van der Waals surface area contributed by atoms with Gasteiger partial charge in [0.25, 0.3) is 0 Å². The minimum Gasteiger partial charge on any atom is -0.493 e. The van der Waals surface area contributed by atoms with Crippen molar-refractivity contribution in [3.05, 3.63) is 23.8 Å². The molecule has 0 radical (unpaired) electrons. The van der Waals surface area contributed by atoms with E-state index in [0.717, 1.165) is 24.6 Å². The molecule has 0 saturated carbocycles. The molecule has 0 spiro atoms. The Bertz CT molecular complexity index is 393. The van der Waals surface area contributed by atoms with Crippen LogP contribution < -0.4 is 14.8 Å². The Hall–Kier alpha value is -1.22. The van der Waals surface area contributed by atoms with E-state index in [2.05, 4.69) is 38.2 Å². The number of ether oxygens (including phenoxy) is 2. The van der Waals surface area contributed by atoms with E-state index in [4.69, 9.17) is 9.47 Å². The van der Waals surface area contributed by atoms with Crippen LogP contribution in [0.5, 0.6) is 11.5 Å². The largest absolute Gasteiger partial charge is 0.493 e. The maximum absolute atomic E-state index is 5.42. The van der Waals surface area contributed by atoms with Crippen LogP contribution >= 0.6 is 0 Å². The van der Waals surface area contributed by atoms with Crippen molar-refractivity contribution >= 4 is 0 Å². The summed E-state index contributed by atoms with van der Waals surface area (Å²) in [4.78, 5) is 0. The highest BCUT2D eigenvalue weighted by atomic mass is 16.5. The minimum atomic E-state index is 0.506. The van der Waals surface area contributed by atoms with E-state index in [9.17, 15) is 0 Å². The number of rotatable bonds is 9. The Morgan fingerprint density at radius 1 is 1.10 bits per heavy atom.